The molecule has 0 atom stereocenters. The molecule has 0 aliphatic carbocycles. The van der Waals surface area contributed by atoms with Crippen LogP contribution in [0.15, 0.2) is 47.4 Å². The Bertz CT molecular complexity index is 855. The van der Waals surface area contributed by atoms with E-state index < -0.39 is 21.8 Å². The summed E-state index contributed by atoms with van der Waals surface area (Å²) in [7, 11) is -2.69. The van der Waals surface area contributed by atoms with Crippen molar-refractivity contribution in [3.05, 3.63) is 58.9 Å². The molecule has 0 aromatic heterocycles. The SMILES string of the molecule is COC(=O)c1cc(S(=O)(=O)NCCOc2ccc(F)cc2)ccc1Cl. The van der Waals surface area contributed by atoms with Gasteiger partial charge in [-0.05, 0) is 42.5 Å². The Morgan fingerprint density at radius 2 is 1.88 bits per heavy atom. The van der Waals surface area contributed by atoms with E-state index in [0.717, 1.165) is 6.07 Å². The monoisotopic (exact) mass is 387 g/mol. The number of methoxy groups -OCH3 is 1. The molecule has 0 aliphatic rings. The number of ether oxygens (including phenoxy) is 2. The van der Waals surface area contributed by atoms with Crippen molar-refractivity contribution in [2.45, 2.75) is 4.90 Å². The fourth-order valence-electron chi connectivity index (χ4n) is 1.90. The van der Waals surface area contributed by atoms with Crippen LogP contribution in [0.25, 0.3) is 0 Å². The van der Waals surface area contributed by atoms with E-state index in [0.29, 0.717) is 5.75 Å². The summed E-state index contributed by atoms with van der Waals surface area (Å²) in [5, 5.41) is 0.0884. The molecule has 0 aliphatic heterocycles. The molecule has 2 rings (SSSR count). The van der Waals surface area contributed by atoms with E-state index in [2.05, 4.69) is 9.46 Å². The van der Waals surface area contributed by atoms with Gasteiger partial charge in [-0.25, -0.2) is 22.3 Å². The van der Waals surface area contributed by atoms with Crippen molar-refractivity contribution >= 4 is 27.6 Å². The minimum absolute atomic E-state index is 0.0180. The fourth-order valence-corrected chi connectivity index (χ4v) is 3.13. The van der Waals surface area contributed by atoms with Crippen LogP contribution in [0.1, 0.15) is 10.4 Å². The first-order valence-corrected chi connectivity index (χ1v) is 8.95. The summed E-state index contributed by atoms with van der Waals surface area (Å²) in [6, 6.07) is 9.06. The van der Waals surface area contributed by atoms with Gasteiger partial charge in [0.2, 0.25) is 10.0 Å². The third kappa shape index (κ3) is 5.15. The van der Waals surface area contributed by atoms with Crippen LogP contribution in [0, 0.1) is 5.82 Å². The molecule has 1 N–H and O–H groups in total. The first-order chi connectivity index (χ1) is 11.8. The number of benzene rings is 2. The molecular formula is C16H15ClFNO5S. The lowest BCUT2D eigenvalue weighted by atomic mass is 10.2. The van der Waals surface area contributed by atoms with E-state index in [1.54, 1.807) is 0 Å². The van der Waals surface area contributed by atoms with E-state index in [-0.39, 0.29) is 28.6 Å². The third-order valence-electron chi connectivity index (χ3n) is 3.13. The molecule has 25 heavy (non-hydrogen) atoms. The minimum Gasteiger partial charge on any atom is -0.492 e. The van der Waals surface area contributed by atoms with Gasteiger partial charge in [0.1, 0.15) is 18.2 Å². The predicted molar refractivity (Wildman–Crippen MR) is 89.9 cm³/mol. The molecule has 2 aromatic rings. The van der Waals surface area contributed by atoms with E-state index >= 15 is 0 Å². The molecule has 2 aromatic carbocycles. The first kappa shape index (κ1) is 19.2. The molecular weight excluding hydrogens is 373 g/mol. The van der Waals surface area contributed by atoms with E-state index in [1.165, 1.54) is 43.5 Å². The Balaban J connectivity index is 1.99. The average molecular weight is 388 g/mol. The lowest BCUT2D eigenvalue weighted by Gasteiger charge is -2.10. The molecule has 0 spiro atoms. The lowest BCUT2D eigenvalue weighted by molar-refractivity contribution is 0.0600. The second kappa shape index (κ2) is 8.28. The summed E-state index contributed by atoms with van der Waals surface area (Å²) in [4.78, 5) is 11.5. The smallest absolute Gasteiger partial charge is 0.339 e. The van der Waals surface area contributed by atoms with Crippen LogP contribution in [-0.4, -0.2) is 34.6 Å². The van der Waals surface area contributed by atoms with Crippen LogP contribution in [0.5, 0.6) is 5.75 Å². The number of hydrogen-bond acceptors (Lipinski definition) is 5. The molecule has 9 heteroatoms. The van der Waals surface area contributed by atoms with Gasteiger partial charge in [0, 0.05) is 6.54 Å². The number of carbonyl (C=O) groups is 1. The van der Waals surface area contributed by atoms with Crippen LogP contribution in [0.4, 0.5) is 4.39 Å². The fraction of sp³-hybridized carbons (Fsp3) is 0.188. The van der Waals surface area contributed by atoms with Gasteiger partial charge in [-0.15, -0.1) is 0 Å². The van der Waals surface area contributed by atoms with Crippen molar-refractivity contribution in [3.63, 3.8) is 0 Å². The predicted octanol–water partition coefficient (Wildman–Crippen LogP) is 2.62. The third-order valence-corrected chi connectivity index (χ3v) is 4.92. The van der Waals surface area contributed by atoms with Crippen LogP contribution < -0.4 is 9.46 Å². The van der Waals surface area contributed by atoms with E-state index in [9.17, 15) is 17.6 Å². The van der Waals surface area contributed by atoms with Gasteiger partial charge in [0.25, 0.3) is 0 Å². The Morgan fingerprint density at radius 1 is 1.20 bits per heavy atom. The second-order valence-electron chi connectivity index (χ2n) is 4.83. The van der Waals surface area contributed by atoms with Crippen molar-refractivity contribution < 1.29 is 27.1 Å². The Labute approximate surface area is 149 Å². The highest BCUT2D eigenvalue weighted by molar-refractivity contribution is 7.89. The highest BCUT2D eigenvalue weighted by atomic mass is 35.5. The summed E-state index contributed by atoms with van der Waals surface area (Å²) in [5.41, 5.74) is -0.0467. The van der Waals surface area contributed by atoms with Crippen LogP contribution in [-0.2, 0) is 14.8 Å². The Hall–Kier alpha value is -2.16. The van der Waals surface area contributed by atoms with Gasteiger partial charge in [-0.1, -0.05) is 11.6 Å². The maximum atomic E-state index is 12.8. The van der Waals surface area contributed by atoms with E-state index in [4.69, 9.17) is 16.3 Å². The summed E-state index contributed by atoms with van der Waals surface area (Å²) in [5.74, 6) is -0.709. The molecule has 134 valence electrons. The Kier molecular flexibility index (Phi) is 6.35. The minimum atomic E-state index is -3.86. The van der Waals surface area contributed by atoms with Gasteiger partial charge < -0.3 is 9.47 Å². The number of rotatable bonds is 7. The highest BCUT2D eigenvalue weighted by Crippen LogP contribution is 2.21. The molecule has 0 heterocycles. The largest absolute Gasteiger partial charge is 0.492 e. The standard InChI is InChI=1S/C16H15ClFNO5S/c1-23-16(20)14-10-13(6-7-15(14)17)25(21,22)19-8-9-24-12-4-2-11(18)3-5-12/h2-7,10,19H,8-9H2,1H3. The zero-order valence-electron chi connectivity index (χ0n) is 13.2. The average Bonchev–Trinajstić information content (AvgIpc) is 2.60. The zero-order valence-corrected chi connectivity index (χ0v) is 14.7. The van der Waals surface area contributed by atoms with Gasteiger partial charge in [0.05, 0.1) is 22.6 Å². The number of hydrogen-bond donors (Lipinski definition) is 1. The van der Waals surface area contributed by atoms with Crippen LogP contribution >= 0.6 is 11.6 Å². The summed E-state index contributed by atoms with van der Waals surface area (Å²) >= 11 is 5.86. The van der Waals surface area contributed by atoms with Crippen molar-refractivity contribution in [1.82, 2.24) is 4.72 Å². The summed E-state index contributed by atoms with van der Waals surface area (Å²) < 4.78 is 49.5. The molecule has 6 nitrogen and oxygen atoms in total. The van der Waals surface area contributed by atoms with Crippen molar-refractivity contribution in [2.75, 3.05) is 20.3 Å². The van der Waals surface area contributed by atoms with Crippen molar-refractivity contribution in [3.8, 4) is 5.75 Å². The quantitative estimate of drug-likeness (QED) is 0.583. The van der Waals surface area contributed by atoms with Gasteiger partial charge in [0.15, 0.2) is 0 Å². The number of sulfonamides is 1. The number of esters is 1. The molecule has 0 radical (unpaired) electrons. The second-order valence-corrected chi connectivity index (χ2v) is 7.01. The maximum absolute atomic E-state index is 12.8. The van der Waals surface area contributed by atoms with E-state index in [1.807, 2.05) is 0 Å². The van der Waals surface area contributed by atoms with Gasteiger partial charge in [-0.3, -0.25) is 0 Å². The van der Waals surface area contributed by atoms with Crippen LogP contribution in [0.3, 0.4) is 0 Å². The molecule has 0 bridgehead atoms. The Morgan fingerprint density at radius 3 is 2.52 bits per heavy atom. The lowest BCUT2D eigenvalue weighted by Crippen LogP contribution is -2.28. The highest BCUT2D eigenvalue weighted by Gasteiger charge is 2.18. The van der Waals surface area contributed by atoms with Crippen LogP contribution in [0.2, 0.25) is 5.02 Å². The summed E-state index contributed by atoms with van der Waals surface area (Å²) in [6.07, 6.45) is 0. The number of carbonyl (C=O) groups excluding carboxylic acids is 1. The molecule has 0 unspecified atom stereocenters. The van der Waals surface area contributed by atoms with Crippen molar-refractivity contribution in [2.24, 2.45) is 0 Å². The van der Waals surface area contributed by atoms with Crippen molar-refractivity contribution in [1.29, 1.82) is 0 Å². The normalized spacial score (nSPS) is 11.2. The summed E-state index contributed by atoms with van der Waals surface area (Å²) in [6.45, 7) is 0.0260. The number of halogens is 2. The van der Waals surface area contributed by atoms with Gasteiger partial charge in [-0.2, -0.15) is 0 Å². The van der Waals surface area contributed by atoms with Gasteiger partial charge >= 0.3 is 5.97 Å². The first-order valence-electron chi connectivity index (χ1n) is 7.09. The molecule has 0 saturated carbocycles. The topological polar surface area (TPSA) is 81.7 Å². The zero-order chi connectivity index (χ0) is 18.4. The molecule has 0 saturated heterocycles. The maximum Gasteiger partial charge on any atom is 0.339 e. The molecule has 0 fully saturated rings. The number of nitrogens with one attached hydrogen (secondary N) is 1. The molecule has 0 amide bonds.